The first-order chi connectivity index (χ1) is 11.7. The van der Waals surface area contributed by atoms with Crippen molar-refractivity contribution in [2.45, 2.75) is 51.5 Å². The van der Waals surface area contributed by atoms with Gasteiger partial charge in [0.2, 0.25) is 0 Å². The van der Waals surface area contributed by atoms with Gasteiger partial charge in [0.25, 0.3) is 0 Å². The highest BCUT2D eigenvalue weighted by Gasteiger charge is 2.42. The van der Waals surface area contributed by atoms with E-state index in [1.165, 1.54) is 4.90 Å². The molecule has 1 fully saturated rings. The molecule has 1 amide bonds. The molecule has 25 heavy (non-hydrogen) atoms. The Balaban J connectivity index is 1.97. The summed E-state index contributed by atoms with van der Waals surface area (Å²) < 4.78 is 11.1. The van der Waals surface area contributed by atoms with Crippen LogP contribution in [0.5, 0.6) is 0 Å². The summed E-state index contributed by atoms with van der Waals surface area (Å²) in [5, 5.41) is 9.38. The first-order valence-electron chi connectivity index (χ1n) is 8.25. The lowest BCUT2D eigenvalue weighted by Gasteiger charge is -2.26. The van der Waals surface area contributed by atoms with Crippen LogP contribution >= 0.6 is 0 Å². The van der Waals surface area contributed by atoms with E-state index in [4.69, 9.17) is 9.47 Å². The fourth-order valence-electron chi connectivity index (χ4n) is 2.64. The van der Waals surface area contributed by atoms with Crippen LogP contribution in [0.2, 0.25) is 0 Å². The molecule has 1 aliphatic rings. The molecule has 1 aliphatic heterocycles. The second kappa shape index (κ2) is 7.70. The van der Waals surface area contributed by atoms with Gasteiger partial charge in [-0.1, -0.05) is 36.9 Å². The third-order valence-corrected chi connectivity index (χ3v) is 3.88. The fraction of sp³-hybridized carbons (Fsp3) is 0.474. The number of hydrogen-bond donors (Lipinski definition) is 1. The lowest BCUT2D eigenvalue weighted by Crippen LogP contribution is -2.43. The Kier molecular flexibility index (Phi) is 5.85. The Morgan fingerprint density at radius 3 is 2.48 bits per heavy atom. The maximum Gasteiger partial charge on any atom is 0.411 e. The van der Waals surface area contributed by atoms with Crippen molar-refractivity contribution >= 4 is 18.1 Å². The molecule has 2 atom stereocenters. The molecule has 136 valence electrons. The topological polar surface area (TPSA) is 76.1 Å². The van der Waals surface area contributed by atoms with Gasteiger partial charge in [-0.2, -0.15) is 0 Å². The Hall–Kier alpha value is -2.34. The molecule has 1 aromatic rings. The van der Waals surface area contributed by atoms with Gasteiger partial charge < -0.3 is 14.6 Å². The molecule has 1 N–H and O–H groups in total. The number of carboxylic acid groups (broad SMARTS) is 1. The Morgan fingerprint density at radius 1 is 1.32 bits per heavy atom. The maximum atomic E-state index is 12.2. The van der Waals surface area contributed by atoms with E-state index in [0.29, 0.717) is 6.61 Å². The van der Waals surface area contributed by atoms with E-state index in [2.05, 4.69) is 6.58 Å². The number of rotatable bonds is 5. The van der Waals surface area contributed by atoms with Gasteiger partial charge in [-0.05, 0) is 31.9 Å². The van der Waals surface area contributed by atoms with Crippen molar-refractivity contribution in [1.82, 2.24) is 4.90 Å². The number of amides is 1. The predicted octanol–water partition coefficient (Wildman–Crippen LogP) is 3.31. The van der Waals surface area contributed by atoms with Crippen LogP contribution in [0.15, 0.2) is 30.8 Å². The van der Waals surface area contributed by atoms with Gasteiger partial charge in [-0.25, -0.2) is 9.59 Å². The number of carbonyl (C=O) groups is 2. The van der Waals surface area contributed by atoms with Crippen molar-refractivity contribution in [2.24, 2.45) is 0 Å². The number of carbonyl (C=O) groups excluding carboxylic acids is 1. The van der Waals surface area contributed by atoms with Gasteiger partial charge >= 0.3 is 12.1 Å². The Morgan fingerprint density at radius 2 is 1.96 bits per heavy atom. The minimum Gasteiger partial charge on any atom is -0.480 e. The SMILES string of the molecule is C=Cc1ccc(CO[C@H]2C[C@H](C(=O)O)N(C(=O)OC(C)(C)C)C2)cc1. The van der Waals surface area contributed by atoms with E-state index in [1.54, 1.807) is 26.8 Å². The molecule has 0 saturated carbocycles. The van der Waals surface area contributed by atoms with E-state index in [-0.39, 0.29) is 19.1 Å². The standard InChI is InChI=1S/C19H25NO5/c1-5-13-6-8-14(9-7-13)12-24-15-10-16(17(21)22)20(11-15)18(23)25-19(2,3)4/h5-9,15-16H,1,10-12H2,2-4H3,(H,21,22)/t15-,16+/m0/s1. The third-order valence-electron chi connectivity index (χ3n) is 3.88. The number of benzene rings is 1. The molecule has 1 heterocycles. The summed E-state index contributed by atoms with van der Waals surface area (Å²) in [6.07, 6.45) is 1.05. The third kappa shape index (κ3) is 5.32. The molecule has 0 unspecified atom stereocenters. The average molecular weight is 347 g/mol. The molecule has 1 saturated heterocycles. The van der Waals surface area contributed by atoms with Crippen LogP contribution in [0.4, 0.5) is 4.79 Å². The van der Waals surface area contributed by atoms with Crippen LogP contribution in [0.1, 0.15) is 38.3 Å². The molecule has 1 aromatic carbocycles. The molecular formula is C19H25NO5. The molecule has 0 aliphatic carbocycles. The van der Waals surface area contributed by atoms with Gasteiger partial charge in [0.15, 0.2) is 0 Å². The maximum absolute atomic E-state index is 12.2. The first kappa shape index (κ1) is 19.0. The molecule has 6 nitrogen and oxygen atoms in total. The summed E-state index contributed by atoms with van der Waals surface area (Å²) >= 11 is 0. The number of ether oxygens (including phenoxy) is 2. The van der Waals surface area contributed by atoms with Gasteiger partial charge in [-0.15, -0.1) is 0 Å². The van der Waals surface area contributed by atoms with Crippen molar-refractivity contribution < 1.29 is 24.2 Å². The fourth-order valence-corrected chi connectivity index (χ4v) is 2.64. The highest BCUT2D eigenvalue weighted by molar-refractivity contribution is 5.81. The minimum atomic E-state index is -1.05. The average Bonchev–Trinajstić information content (AvgIpc) is 2.96. The number of aliphatic carboxylic acids is 1. The molecule has 6 heteroatoms. The van der Waals surface area contributed by atoms with E-state index in [9.17, 15) is 14.7 Å². The van der Waals surface area contributed by atoms with E-state index in [1.807, 2.05) is 24.3 Å². The summed E-state index contributed by atoms with van der Waals surface area (Å²) in [5.41, 5.74) is 1.33. The lowest BCUT2D eigenvalue weighted by atomic mass is 10.1. The Labute approximate surface area is 148 Å². The van der Waals surface area contributed by atoms with Crippen LogP contribution < -0.4 is 0 Å². The Bertz CT molecular complexity index is 632. The zero-order valence-electron chi connectivity index (χ0n) is 14.9. The minimum absolute atomic E-state index is 0.205. The van der Waals surface area contributed by atoms with Crippen molar-refractivity contribution in [3.8, 4) is 0 Å². The monoisotopic (exact) mass is 347 g/mol. The largest absolute Gasteiger partial charge is 0.480 e. The van der Waals surface area contributed by atoms with Gasteiger partial charge in [0, 0.05) is 6.42 Å². The summed E-state index contributed by atoms with van der Waals surface area (Å²) in [6, 6.07) is 6.82. The molecule has 0 radical (unpaired) electrons. The van der Waals surface area contributed by atoms with Crippen molar-refractivity contribution in [2.75, 3.05) is 6.54 Å². The lowest BCUT2D eigenvalue weighted by molar-refractivity contribution is -0.142. The normalized spacial score (nSPS) is 20.4. The first-order valence-corrected chi connectivity index (χ1v) is 8.25. The number of hydrogen-bond acceptors (Lipinski definition) is 4. The summed E-state index contributed by atoms with van der Waals surface area (Å²) in [4.78, 5) is 24.9. The predicted molar refractivity (Wildman–Crippen MR) is 94.1 cm³/mol. The van der Waals surface area contributed by atoms with Crippen molar-refractivity contribution in [1.29, 1.82) is 0 Å². The van der Waals surface area contributed by atoms with Crippen LogP contribution in [-0.2, 0) is 20.9 Å². The molecule has 0 spiro atoms. The number of likely N-dealkylation sites (tertiary alicyclic amines) is 1. The summed E-state index contributed by atoms with van der Waals surface area (Å²) in [6.45, 7) is 9.51. The molecule has 0 bridgehead atoms. The quantitative estimate of drug-likeness (QED) is 0.884. The zero-order valence-corrected chi connectivity index (χ0v) is 14.9. The van der Waals surface area contributed by atoms with Crippen LogP contribution in [0.3, 0.4) is 0 Å². The van der Waals surface area contributed by atoms with E-state index in [0.717, 1.165) is 11.1 Å². The number of carboxylic acids is 1. The van der Waals surface area contributed by atoms with E-state index < -0.39 is 23.7 Å². The molecule has 2 rings (SSSR count). The van der Waals surface area contributed by atoms with Gasteiger partial charge in [-0.3, -0.25) is 4.90 Å². The van der Waals surface area contributed by atoms with E-state index >= 15 is 0 Å². The van der Waals surface area contributed by atoms with Crippen LogP contribution in [0.25, 0.3) is 6.08 Å². The number of nitrogens with zero attached hydrogens (tertiary/aromatic N) is 1. The van der Waals surface area contributed by atoms with Crippen LogP contribution in [-0.4, -0.2) is 46.4 Å². The van der Waals surface area contributed by atoms with Crippen molar-refractivity contribution in [3.05, 3.63) is 42.0 Å². The zero-order chi connectivity index (χ0) is 18.6. The molecule has 0 aromatic heterocycles. The van der Waals surface area contributed by atoms with Gasteiger partial charge in [0.1, 0.15) is 11.6 Å². The van der Waals surface area contributed by atoms with Crippen LogP contribution in [0, 0.1) is 0 Å². The summed E-state index contributed by atoms with van der Waals surface area (Å²) in [5.74, 6) is -1.05. The highest BCUT2D eigenvalue weighted by Crippen LogP contribution is 2.24. The van der Waals surface area contributed by atoms with Crippen molar-refractivity contribution in [3.63, 3.8) is 0 Å². The van der Waals surface area contributed by atoms with Gasteiger partial charge in [0.05, 0.1) is 19.3 Å². The second-order valence-electron chi connectivity index (χ2n) is 7.10. The smallest absolute Gasteiger partial charge is 0.411 e. The summed E-state index contributed by atoms with van der Waals surface area (Å²) in [7, 11) is 0. The molecular weight excluding hydrogens is 322 g/mol. The highest BCUT2D eigenvalue weighted by atomic mass is 16.6. The second-order valence-corrected chi connectivity index (χ2v) is 7.10.